The third-order valence-corrected chi connectivity index (χ3v) is 6.07. The molecule has 2 aromatic carbocycles. The Morgan fingerprint density at radius 3 is 2.50 bits per heavy atom. The Hall–Kier alpha value is -2.81. The van der Waals surface area contributed by atoms with Crippen molar-refractivity contribution in [3.63, 3.8) is 0 Å². The van der Waals surface area contributed by atoms with Gasteiger partial charge < -0.3 is 14.6 Å². The summed E-state index contributed by atoms with van der Waals surface area (Å²) in [6.45, 7) is 3.42. The van der Waals surface area contributed by atoms with E-state index in [1.165, 1.54) is 12.1 Å². The number of thioether (sulfide) groups is 1. The van der Waals surface area contributed by atoms with Crippen LogP contribution in [0.2, 0.25) is 10.0 Å². The molecule has 6 nitrogen and oxygen atoms in total. The van der Waals surface area contributed by atoms with Crippen molar-refractivity contribution in [3.05, 3.63) is 79.6 Å². The van der Waals surface area contributed by atoms with Gasteiger partial charge in [0.05, 0.1) is 21.6 Å². The summed E-state index contributed by atoms with van der Waals surface area (Å²) in [6.07, 6.45) is 1.69. The van der Waals surface area contributed by atoms with Crippen molar-refractivity contribution in [2.75, 3.05) is 6.61 Å². The quantitative estimate of drug-likeness (QED) is 0.416. The van der Waals surface area contributed by atoms with Gasteiger partial charge in [-0.25, -0.2) is 14.2 Å². The van der Waals surface area contributed by atoms with Gasteiger partial charge in [-0.2, -0.15) is 0 Å². The van der Waals surface area contributed by atoms with Gasteiger partial charge in [-0.05, 0) is 48.4 Å². The number of aliphatic imine (C=N–C) groups is 1. The Morgan fingerprint density at radius 2 is 1.88 bits per heavy atom. The fraction of sp³-hybridized carbons (Fsp3) is 0.208. The number of hydrogen-bond acceptors (Lipinski definition) is 6. The van der Waals surface area contributed by atoms with Crippen LogP contribution in [0.1, 0.15) is 31.4 Å². The molecular weight excluding hydrogens is 504 g/mol. The Bertz CT molecular complexity index is 1200. The number of esters is 1. The number of ether oxygens (including phenoxy) is 2. The summed E-state index contributed by atoms with van der Waals surface area (Å²) in [5.74, 6) is -1.74. The highest BCUT2D eigenvalue weighted by atomic mass is 35.5. The molecule has 0 aromatic heterocycles. The summed E-state index contributed by atoms with van der Waals surface area (Å²) in [5.41, 5.74) is 0.941. The Kier molecular flexibility index (Phi) is 8.77. The molecule has 0 atom stereocenters. The zero-order valence-electron chi connectivity index (χ0n) is 18.2. The first-order valence-electron chi connectivity index (χ1n) is 10.2. The van der Waals surface area contributed by atoms with Crippen LogP contribution in [0.15, 0.2) is 57.6 Å². The zero-order valence-corrected chi connectivity index (χ0v) is 20.6. The van der Waals surface area contributed by atoms with Gasteiger partial charge in [-0.15, -0.1) is 0 Å². The highest BCUT2D eigenvalue weighted by Crippen LogP contribution is 2.41. The SMILES string of the molecule is CCOC(=O)C1=C(O)/C(=C/c2cc(Cl)c(OCc3cccc(F)c3)c(Cl)c2)SC1=NC(=O)CC. The monoisotopic (exact) mass is 523 g/mol. The van der Waals surface area contributed by atoms with E-state index in [1.807, 2.05) is 0 Å². The average Bonchev–Trinajstić information content (AvgIpc) is 3.07. The van der Waals surface area contributed by atoms with Gasteiger partial charge in [-0.3, -0.25) is 4.79 Å². The van der Waals surface area contributed by atoms with Gasteiger partial charge in [0.2, 0.25) is 5.91 Å². The maximum Gasteiger partial charge on any atom is 0.344 e. The first-order chi connectivity index (χ1) is 16.2. The minimum atomic E-state index is -0.782. The first-order valence-corrected chi connectivity index (χ1v) is 11.8. The Morgan fingerprint density at radius 1 is 1.18 bits per heavy atom. The fourth-order valence-electron chi connectivity index (χ4n) is 2.92. The van der Waals surface area contributed by atoms with Crippen molar-refractivity contribution >= 4 is 58.0 Å². The van der Waals surface area contributed by atoms with E-state index in [4.69, 9.17) is 32.7 Å². The predicted molar refractivity (Wildman–Crippen MR) is 132 cm³/mol. The summed E-state index contributed by atoms with van der Waals surface area (Å²) < 4.78 is 24.0. The normalized spacial score (nSPS) is 15.8. The lowest BCUT2D eigenvalue weighted by Crippen LogP contribution is -2.14. The van der Waals surface area contributed by atoms with Crippen LogP contribution >= 0.6 is 35.0 Å². The lowest BCUT2D eigenvalue weighted by atomic mass is 10.1. The highest BCUT2D eigenvalue weighted by molar-refractivity contribution is 8.18. The van der Waals surface area contributed by atoms with Gasteiger partial charge in [0.15, 0.2) is 5.75 Å². The Balaban J connectivity index is 1.90. The number of carbonyl (C=O) groups excluding carboxylic acids is 2. The molecule has 0 aliphatic carbocycles. The van der Waals surface area contributed by atoms with E-state index >= 15 is 0 Å². The van der Waals surface area contributed by atoms with Gasteiger partial charge in [0.1, 0.15) is 28.8 Å². The van der Waals surface area contributed by atoms with Crippen LogP contribution < -0.4 is 4.74 Å². The lowest BCUT2D eigenvalue weighted by Gasteiger charge is -2.11. The zero-order chi connectivity index (χ0) is 24.8. The maximum atomic E-state index is 13.4. The van der Waals surface area contributed by atoms with Crippen LogP contribution in [-0.2, 0) is 20.9 Å². The van der Waals surface area contributed by atoms with Crippen LogP contribution in [0.5, 0.6) is 5.75 Å². The van der Waals surface area contributed by atoms with E-state index in [0.717, 1.165) is 11.8 Å². The molecule has 1 aliphatic heterocycles. The minimum absolute atomic E-state index is 0.0568. The van der Waals surface area contributed by atoms with Crippen molar-refractivity contribution in [2.24, 2.45) is 4.99 Å². The smallest absolute Gasteiger partial charge is 0.344 e. The molecule has 0 fully saturated rings. The predicted octanol–water partition coefficient (Wildman–Crippen LogP) is 6.51. The van der Waals surface area contributed by atoms with Gasteiger partial charge in [0.25, 0.3) is 0 Å². The van der Waals surface area contributed by atoms with Crippen molar-refractivity contribution in [3.8, 4) is 5.75 Å². The lowest BCUT2D eigenvalue weighted by molar-refractivity contribution is -0.138. The molecule has 34 heavy (non-hydrogen) atoms. The van der Waals surface area contributed by atoms with Crippen molar-refractivity contribution in [1.29, 1.82) is 0 Å². The summed E-state index contributed by atoms with van der Waals surface area (Å²) >= 11 is 13.7. The minimum Gasteiger partial charge on any atom is -0.506 e. The van der Waals surface area contributed by atoms with Crippen molar-refractivity contribution in [1.82, 2.24) is 0 Å². The second-order valence-electron chi connectivity index (χ2n) is 6.95. The average molecular weight is 524 g/mol. The molecule has 1 aliphatic rings. The number of aliphatic hydroxyl groups excluding tert-OH is 1. The molecule has 1 amide bonds. The van der Waals surface area contributed by atoms with Crippen LogP contribution in [0.3, 0.4) is 0 Å². The van der Waals surface area contributed by atoms with E-state index in [1.54, 1.807) is 44.2 Å². The number of carbonyl (C=O) groups is 2. The second kappa shape index (κ2) is 11.6. The molecule has 3 rings (SSSR count). The number of nitrogens with zero attached hydrogens (tertiary/aromatic N) is 1. The van der Waals surface area contributed by atoms with Crippen LogP contribution in [0.25, 0.3) is 6.08 Å². The van der Waals surface area contributed by atoms with E-state index in [9.17, 15) is 19.1 Å². The summed E-state index contributed by atoms with van der Waals surface area (Å²) in [6, 6.07) is 9.08. The molecule has 0 spiro atoms. The van der Waals surface area contributed by atoms with Crippen molar-refractivity contribution < 1.29 is 28.6 Å². The van der Waals surface area contributed by atoms with Crippen molar-refractivity contribution in [2.45, 2.75) is 26.9 Å². The maximum absolute atomic E-state index is 13.4. The number of amides is 1. The van der Waals surface area contributed by atoms with Gasteiger partial charge in [0, 0.05) is 6.42 Å². The molecule has 2 aromatic rings. The molecule has 178 valence electrons. The Labute approximate surface area is 210 Å². The van der Waals surface area contributed by atoms with E-state index in [0.29, 0.717) is 11.1 Å². The fourth-order valence-corrected chi connectivity index (χ4v) is 4.56. The summed E-state index contributed by atoms with van der Waals surface area (Å²) in [7, 11) is 0. The molecule has 1 N–H and O–H groups in total. The van der Waals surface area contributed by atoms with Crippen LogP contribution in [0, 0.1) is 5.82 Å². The third kappa shape index (κ3) is 6.20. The molecule has 0 saturated carbocycles. The first kappa shape index (κ1) is 25.8. The molecule has 0 saturated heterocycles. The van der Waals surface area contributed by atoms with Gasteiger partial charge >= 0.3 is 5.97 Å². The van der Waals surface area contributed by atoms with E-state index in [2.05, 4.69) is 4.99 Å². The number of rotatable bonds is 7. The van der Waals surface area contributed by atoms with Crippen LogP contribution in [0.4, 0.5) is 4.39 Å². The van der Waals surface area contributed by atoms with Gasteiger partial charge in [-0.1, -0.05) is 54.0 Å². The molecule has 0 bridgehead atoms. The number of hydrogen-bond donors (Lipinski definition) is 1. The number of halogens is 3. The molecule has 0 radical (unpaired) electrons. The number of aliphatic hydroxyl groups is 1. The molecular formula is C24H20Cl2FNO5S. The van der Waals surface area contributed by atoms with Crippen LogP contribution in [-0.4, -0.2) is 28.6 Å². The van der Waals surface area contributed by atoms with E-state index in [-0.39, 0.29) is 62.5 Å². The molecule has 1 heterocycles. The standard InChI is InChI=1S/C24H20Cl2FNO5S/c1-3-19(29)28-23-20(24(31)32-4-2)21(30)18(34-23)11-14-9-16(25)22(17(26)10-14)33-12-13-6-5-7-15(27)8-13/h5-11,30H,3-4,12H2,1-2H3/b18-11-,28-23?. The second-order valence-corrected chi connectivity index (χ2v) is 8.80. The highest BCUT2D eigenvalue weighted by Gasteiger charge is 2.33. The number of benzene rings is 2. The molecule has 0 unspecified atom stereocenters. The summed E-state index contributed by atoms with van der Waals surface area (Å²) in [4.78, 5) is 28.4. The van der Waals surface area contributed by atoms with E-state index < -0.39 is 11.9 Å². The summed E-state index contributed by atoms with van der Waals surface area (Å²) in [5, 5.41) is 11.1. The third-order valence-electron chi connectivity index (χ3n) is 4.49. The largest absolute Gasteiger partial charge is 0.506 e. The topological polar surface area (TPSA) is 85.2 Å². The molecule has 10 heteroatoms.